The molecule has 2 atom stereocenters. The van der Waals surface area contributed by atoms with Crippen LogP contribution in [0.25, 0.3) is 0 Å². The molecule has 0 spiro atoms. The van der Waals surface area contributed by atoms with E-state index in [9.17, 15) is 9.59 Å². The van der Waals surface area contributed by atoms with Gasteiger partial charge in [0.15, 0.2) is 0 Å². The van der Waals surface area contributed by atoms with Crippen molar-refractivity contribution in [2.24, 2.45) is 5.92 Å². The number of rotatable bonds is 5. The third kappa shape index (κ3) is 3.95. The number of carboxylic acid groups (broad SMARTS) is 1. The maximum atomic E-state index is 11.8. The molecule has 2 unspecified atom stereocenters. The summed E-state index contributed by atoms with van der Waals surface area (Å²) < 4.78 is 6.52. The van der Waals surface area contributed by atoms with E-state index in [0.717, 1.165) is 13.0 Å². The van der Waals surface area contributed by atoms with Gasteiger partial charge in [0.1, 0.15) is 6.54 Å². The van der Waals surface area contributed by atoms with Gasteiger partial charge in [-0.25, -0.2) is 4.79 Å². The lowest BCUT2D eigenvalue weighted by Crippen LogP contribution is -2.40. The summed E-state index contributed by atoms with van der Waals surface area (Å²) in [5.74, 6) is -0.658. The van der Waals surface area contributed by atoms with E-state index in [4.69, 9.17) is 9.84 Å². The van der Waals surface area contributed by atoms with E-state index in [2.05, 4.69) is 15.7 Å². The zero-order valence-corrected chi connectivity index (χ0v) is 11.2. The average molecular weight is 282 g/mol. The van der Waals surface area contributed by atoms with E-state index in [1.165, 1.54) is 17.1 Å². The Morgan fingerprint density at radius 3 is 3.10 bits per heavy atom. The first-order valence-electron chi connectivity index (χ1n) is 6.44. The maximum Gasteiger partial charge on any atom is 0.325 e. The lowest BCUT2D eigenvalue weighted by atomic mass is 10.0. The van der Waals surface area contributed by atoms with Crippen molar-refractivity contribution in [1.82, 2.24) is 15.1 Å². The van der Waals surface area contributed by atoms with Gasteiger partial charge in [-0.3, -0.25) is 9.48 Å². The van der Waals surface area contributed by atoms with Crippen LogP contribution < -0.4 is 10.6 Å². The van der Waals surface area contributed by atoms with Crippen molar-refractivity contribution in [1.29, 1.82) is 0 Å². The molecule has 8 nitrogen and oxygen atoms in total. The molecular weight excluding hydrogens is 264 g/mol. The summed E-state index contributed by atoms with van der Waals surface area (Å²) in [5, 5.41) is 17.9. The highest BCUT2D eigenvalue weighted by Gasteiger charge is 2.23. The number of carboxylic acids is 1. The maximum absolute atomic E-state index is 11.8. The van der Waals surface area contributed by atoms with Crippen LogP contribution in [0.5, 0.6) is 0 Å². The molecule has 1 aromatic heterocycles. The Labute approximate surface area is 116 Å². The number of urea groups is 1. The van der Waals surface area contributed by atoms with Crippen LogP contribution in [0, 0.1) is 5.92 Å². The van der Waals surface area contributed by atoms with Crippen LogP contribution in [-0.4, -0.2) is 46.1 Å². The van der Waals surface area contributed by atoms with Crippen molar-refractivity contribution in [3.05, 3.63) is 12.4 Å². The lowest BCUT2D eigenvalue weighted by Gasteiger charge is -2.19. The number of amides is 2. The molecule has 0 aliphatic carbocycles. The molecule has 1 aliphatic heterocycles. The van der Waals surface area contributed by atoms with E-state index < -0.39 is 5.97 Å². The highest BCUT2D eigenvalue weighted by Crippen LogP contribution is 2.16. The number of anilines is 1. The third-order valence-corrected chi connectivity index (χ3v) is 3.22. The van der Waals surface area contributed by atoms with Crippen LogP contribution >= 0.6 is 0 Å². The summed E-state index contributed by atoms with van der Waals surface area (Å²) in [5.41, 5.74) is 0.457. The van der Waals surface area contributed by atoms with Crippen molar-refractivity contribution in [2.75, 3.05) is 18.5 Å². The standard InChI is InChI=1S/C12H18N4O4/c1-8(9-2-3-20-7-9)14-12(19)15-10-4-13-16(5-10)6-11(17)18/h4-5,8-9H,2-3,6-7H2,1H3,(H,17,18)(H2,14,15,19). The summed E-state index contributed by atoms with van der Waals surface area (Å²) in [7, 11) is 0. The summed E-state index contributed by atoms with van der Waals surface area (Å²) in [4.78, 5) is 22.3. The van der Waals surface area contributed by atoms with Gasteiger partial charge >= 0.3 is 12.0 Å². The molecule has 2 heterocycles. The molecule has 0 saturated carbocycles. The minimum Gasteiger partial charge on any atom is -0.480 e. The van der Waals surface area contributed by atoms with E-state index in [1.54, 1.807) is 0 Å². The zero-order chi connectivity index (χ0) is 14.5. The zero-order valence-electron chi connectivity index (χ0n) is 11.2. The fourth-order valence-corrected chi connectivity index (χ4v) is 2.09. The van der Waals surface area contributed by atoms with Crippen molar-refractivity contribution in [2.45, 2.75) is 25.9 Å². The molecule has 0 aromatic carbocycles. The first-order chi connectivity index (χ1) is 9.54. The van der Waals surface area contributed by atoms with Crippen LogP contribution in [0.4, 0.5) is 10.5 Å². The van der Waals surface area contributed by atoms with E-state index in [0.29, 0.717) is 18.2 Å². The van der Waals surface area contributed by atoms with E-state index in [-0.39, 0.29) is 18.6 Å². The van der Waals surface area contributed by atoms with Crippen molar-refractivity contribution in [3.8, 4) is 0 Å². The van der Waals surface area contributed by atoms with Gasteiger partial charge in [-0.05, 0) is 13.3 Å². The Morgan fingerprint density at radius 1 is 1.65 bits per heavy atom. The molecule has 0 bridgehead atoms. The number of hydrogen-bond acceptors (Lipinski definition) is 4. The molecule has 20 heavy (non-hydrogen) atoms. The second kappa shape index (κ2) is 6.38. The van der Waals surface area contributed by atoms with Gasteiger partial charge in [-0.15, -0.1) is 0 Å². The largest absolute Gasteiger partial charge is 0.480 e. The Hall–Kier alpha value is -2.09. The SMILES string of the molecule is CC(NC(=O)Nc1cnn(CC(=O)O)c1)C1CCOC1. The van der Waals surface area contributed by atoms with Crippen LogP contribution in [0.2, 0.25) is 0 Å². The normalized spacial score (nSPS) is 19.6. The molecular formula is C12H18N4O4. The van der Waals surface area contributed by atoms with Crippen molar-refractivity contribution >= 4 is 17.7 Å². The molecule has 1 aromatic rings. The summed E-state index contributed by atoms with van der Waals surface area (Å²) in [6, 6.07) is -0.314. The van der Waals surface area contributed by atoms with E-state index in [1.807, 2.05) is 6.92 Å². The number of aromatic nitrogens is 2. The van der Waals surface area contributed by atoms with Crippen molar-refractivity contribution in [3.63, 3.8) is 0 Å². The number of aliphatic carboxylic acids is 1. The van der Waals surface area contributed by atoms with Crippen LogP contribution in [-0.2, 0) is 16.1 Å². The molecule has 0 radical (unpaired) electrons. The van der Waals surface area contributed by atoms with Gasteiger partial charge in [0, 0.05) is 24.8 Å². The monoisotopic (exact) mass is 282 g/mol. The minimum absolute atomic E-state index is 0.0200. The third-order valence-electron chi connectivity index (χ3n) is 3.22. The highest BCUT2D eigenvalue weighted by molar-refractivity contribution is 5.89. The summed E-state index contributed by atoms with van der Waals surface area (Å²) >= 11 is 0. The van der Waals surface area contributed by atoms with Crippen LogP contribution in [0.3, 0.4) is 0 Å². The Balaban J connectivity index is 1.81. The highest BCUT2D eigenvalue weighted by atomic mass is 16.5. The first kappa shape index (κ1) is 14.3. The number of hydrogen-bond donors (Lipinski definition) is 3. The topological polar surface area (TPSA) is 105 Å². The summed E-state index contributed by atoms with van der Waals surface area (Å²) in [6.07, 6.45) is 3.82. The number of nitrogens with one attached hydrogen (secondary N) is 2. The molecule has 2 amide bonds. The predicted octanol–water partition coefficient (Wildman–Crippen LogP) is 0.514. The molecule has 8 heteroatoms. The second-order valence-electron chi connectivity index (χ2n) is 4.83. The van der Waals surface area contributed by atoms with Crippen LogP contribution in [0.15, 0.2) is 12.4 Å². The van der Waals surface area contributed by atoms with Gasteiger partial charge in [0.25, 0.3) is 0 Å². The van der Waals surface area contributed by atoms with Crippen molar-refractivity contribution < 1.29 is 19.4 Å². The lowest BCUT2D eigenvalue weighted by molar-refractivity contribution is -0.137. The minimum atomic E-state index is -0.987. The predicted molar refractivity (Wildman–Crippen MR) is 70.4 cm³/mol. The Kier molecular flexibility index (Phi) is 4.57. The molecule has 1 fully saturated rings. The van der Waals surface area contributed by atoms with Gasteiger partial charge in [0.2, 0.25) is 0 Å². The quantitative estimate of drug-likeness (QED) is 0.730. The second-order valence-corrected chi connectivity index (χ2v) is 4.83. The summed E-state index contributed by atoms with van der Waals surface area (Å²) in [6.45, 7) is 3.10. The number of nitrogens with zero attached hydrogens (tertiary/aromatic N) is 2. The van der Waals surface area contributed by atoms with Gasteiger partial charge in [-0.1, -0.05) is 0 Å². The molecule has 1 aliphatic rings. The number of carbonyl (C=O) groups is 2. The fraction of sp³-hybridized carbons (Fsp3) is 0.583. The molecule has 110 valence electrons. The molecule has 1 saturated heterocycles. The molecule has 2 rings (SSSR count). The Bertz CT molecular complexity index is 482. The Morgan fingerprint density at radius 2 is 2.45 bits per heavy atom. The van der Waals surface area contributed by atoms with Gasteiger partial charge in [0.05, 0.1) is 18.5 Å². The fourth-order valence-electron chi connectivity index (χ4n) is 2.09. The smallest absolute Gasteiger partial charge is 0.325 e. The van der Waals surface area contributed by atoms with Gasteiger partial charge in [-0.2, -0.15) is 5.10 Å². The first-order valence-corrected chi connectivity index (χ1v) is 6.44. The number of carbonyl (C=O) groups excluding carboxylic acids is 1. The van der Waals surface area contributed by atoms with Gasteiger partial charge < -0.3 is 20.5 Å². The average Bonchev–Trinajstić information content (AvgIpc) is 2.99. The van der Waals surface area contributed by atoms with E-state index >= 15 is 0 Å². The van der Waals surface area contributed by atoms with Crippen LogP contribution in [0.1, 0.15) is 13.3 Å². The molecule has 3 N–H and O–H groups in total. The number of ether oxygens (including phenoxy) is 1.